The summed E-state index contributed by atoms with van der Waals surface area (Å²) in [4.78, 5) is 12.0. The molecule has 0 saturated carbocycles. The Morgan fingerprint density at radius 3 is 2.50 bits per heavy atom. The van der Waals surface area contributed by atoms with Crippen LogP contribution < -0.4 is 10.2 Å². The van der Waals surface area contributed by atoms with Crippen LogP contribution in [0.3, 0.4) is 0 Å². The van der Waals surface area contributed by atoms with E-state index in [0.717, 1.165) is 54.1 Å². The molecule has 1 fully saturated rings. The molecule has 2 aliphatic heterocycles. The van der Waals surface area contributed by atoms with E-state index in [1.54, 1.807) is 0 Å². The van der Waals surface area contributed by atoms with Gasteiger partial charge in [-0.25, -0.2) is 9.97 Å². The third-order valence-corrected chi connectivity index (χ3v) is 4.74. The molecule has 24 heavy (non-hydrogen) atoms. The quantitative estimate of drug-likeness (QED) is 0.907. The summed E-state index contributed by atoms with van der Waals surface area (Å²) in [6, 6.07) is 7.70. The van der Waals surface area contributed by atoms with Gasteiger partial charge in [0.15, 0.2) is 5.82 Å². The van der Waals surface area contributed by atoms with Gasteiger partial charge in [0.2, 0.25) is 0 Å². The predicted molar refractivity (Wildman–Crippen MR) is 95.2 cm³/mol. The molecule has 3 heterocycles. The molecule has 0 bridgehead atoms. The van der Waals surface area contributed by atoms with Crippen molar-refractivity contribution in [3.63, 3.8) is 0 Å². The van der Waals surface area contributed by atoms with Gasteiger partial charge in [-0.3, -0.25) is 0 Å². The van der Waals surface area contributed by atoms with E-state index >= 15 is 0 Å². The van der Waals surface area contributed by atoms with Crippen LogP contribution in [0, 0.1) is 0 Å². The summed E-state index contributed by atoms with van der Waals surface area (Å²) in [5.74, 6) is 1.80. The van der Waals surface area contributed by atoms with Gasteiger partial charge in [0.05, 0.1) is 17.9 Å². The summed E-state index contributed by atoms with van der Waals surface area (Å²) in [5, 5.41) is 4.12. The van der Waals surface area contributed by atoms with E-state index in [2.05, 4.69) is 24.1 Å². The minimum Gasteiger partial charge on any atom is -0.372 e. The van der Waals surface area contributed by atoms with E-state index < -0.39 is 0 Å². The standard InChI is InChI=1S/C18H21ClN4O/c1-11-9-23(10-12(2)24-11)18-15-7-20-8-16(15)21-17(22-18)13-3-5-14(19)6-4-13/h3-6,11-12,20H,7-10H2,1-2H3/t11-,12+. The molecule has 5 nitrogen and oxygen atoms in total. The van der Waals surface area contributed by atoms with Gasteiger partial charge in [-0.15, -0.1) is 0 Å². The summed E-state index contributed by atoms with van der Waals surface area (Å²) < 4.78 is 5.87. The molecule has 0 radical (unpaired) electrons. The van der Waals surface area contributed by atoms with Crippen molar-refractivity contribution in [3.8, 4) is 11.4 Å². The number of halogens is 1. The van der Waals surface area contributed by atoms with Crippen molar-refractivity contribution in [3.05, 3.63) is 40.5 Å². The maximum absolute atomic E-state index is 6.01. The van der Waals surface area contributed by atoms with Gasteiger partial charge in [-0.05, 0) is 38.1 Å². The second kappa shape index (κ2) is 6.31. The number of hydrogen-bond acceptors (Lipinski definition) is 5. The van der Waals surface area contributed by atoms with E-state index in [-0.39, 0.29) is 12.2 Å². The van der Waals surface area contributed by atoms with Crippen LogP contribution in [-0.4, -0.2) is 35.3 Å². The van der Waals surface area contributed by atoms with E-state index in [0.29, 0.717) is 0 Å². The van der Waals surface area contributed by atoms with E-state index in [1.165, 1.54) is 5.56 Å². The highest BCUT2D eigenvalue weighted by Crippen LogP contribution is 2.30. The van der Waals surface area contributed by atoms with Gasteiger partial charge in [0.1, 0.15) is 5.82 Å². The van der Waals surface area contributed by atoms with Gasteiger partial charge in [0, 0.05) is 42.3 Å². The number of nitrogens with zero attached hydrogens (tertiary/aromatic N) is 3. The molecule has 0 unspecified atom stereocenters. The molecule has 2 atom stereocenters. The van der Waals surface area contributed by atoms with Crippen LogP contribution in [-0.2, 0) is 17.8 Å². The number of anilines is 1. The van der Waals surface area contributed by atoms with Crippen LogP contribution in [0.5, 0.6) is 0 Å². The van der Waals surface area contributed by atoms with Crippen molar-refractivity contribution in [2.75, 3.05) is 18.0 Å². The molecule has 4 rings (SSSR count). The Balaban J connectivity index is 1.77. The van der Waals surface area contributed by atoms with Crippen LogP contribution in [0.1, 0.15) is 25.1 Å². The molecule has 2 aromatic rings. The minimum absolute atomic E-state index is 0.202. The van der Waals surface area contributed by atoms with Crippen molar-refractivity contribution in [2.24, 2.45) is 0 Å². The highest BCUT2D eigenvalue weighted by atomic mass is 35.5. The Labute approximate surface area is 147 Å². The lowest BCUT2D eigenvalue weighted by atomic mass is 10.1. The van der Waals surface area contributed by atoms with Crippen LogP contribution in [0.2, 0.25) is 5.02 Å². The third kappa shape index (κ3) is 2.99. The molecule has 6 heteroatoms. The predicted octanol–water partition coefficient (Wildman–Crippen LogP) is 3.01. The van der Waals surface area contributed by atoms with Crippen LogP contribution in [0.25, 0.3) is 11.4 Å². The number of aromatic nitrogens is 2. The average Bonchev–Trinajstić information content (AvgIpc) is 3.02. The van der Waals surface area contributed by atoms with Crippen LogP contribution in [0.15, 0.2) is 24.3 Å². The lowest BCUT2D eigenvalue weighted by Crippen LogP contribution is -2.46. The second-order valence-electron chi connectivity index (χ2n) is 6.57. The fourth-order valence-corrected chi connectivity index (χ4v) is 3.62. The van der Waals surface area contributed by atoms with Crippen molar-refractivity contribution in [1.29, 1.82) is 0 Å². The van der Waals surface area contributed by atoms with Crippen molar-refractivity contribution in [2.45, 2.75) is 39.1 Å². The number of rotatable bonds is 2. The zero-order chi connectivity index (χ0) is 16.7. The summed E-state index contributed by atoms with van der Waals surface area (Å²) in [5.41, 5.74) is 3.30. The number of morpholine rings is 1. The highest BCUT2D eigenvalue weighted by molar-refractivity contribution is 6.30. The number of hydrogen-bond donors (Lipinski definition) is 1. The molecule has 0 spiro atoms. The maximum Gasteiger partial charge on any atom is 0.161 e. The van der Waals surface area contributed by atoms with Gasteiger partial charge in [0.25, 0.3) is 0 Å². The molecule has 1 aromatic carbocycles. The average molecular weight is 345 g/mol. The SMILES string of the molecule is C[C@@H]1CN(c2nc(-c3ccc(Cl)cc3)nc3c2CNC3)C[C@H](C)O1. The van der Waals surface area contributed by atoms with Crippen molar-refractivity contribution >= 4 is 17.4 Å². The fraction of sp³-hybridized carbons (Fsp3) is 0.444. The van der Waals surface area contributed by atoms with Crippen LogP contribution >= 0.6 is 11.6 Å². The monoisotopic (exact) mass is 344 g/mol. The van der Waals surface area contributed by atoms with Crippen molar-refractivity contribution in [1.82, 2.24) is 15.3 Å². The van der Waals surface area contributed by atoms with Gasteiger partial charge in [-0.2, -0.15) is 0 Å². The zero-order valence-electron chi connectivity index (χ0n) is 13.9. The maximum atomic E-state index is 6.01. The molecular formula is C18H21ClN4O. The Kier molecular flexibility index (Phi) is 4.16. The van der Waals surface area contributed by atoms with Gasteiger partial charge in [-0.1, -0.05) is 11.6 Å². The van der Waals surface area contributed by atoms with E-state index in [1.807, 2.05) is 24.3 Å². The smallest absolute Gasteiger partial charge is 0.161 e. The van der Waals surface area contributed by atoms with E-state index in [9.17, 15) is 0 Å². The minimum atomic E-state index is 0.202. The zero-order valence-corrected chi connectivity index (χ0v) is 14.7. The van der Waals surface area contributed by atoms with Crippen molar-refractivity contribution < 1.29 is 4.74 Å². The fourth-order valence-electron chi connectivity index (χ4n) is 3.49. The molecule has 126 valence electrons. The Hall–Kier alpha value is -1.69. The number of fused-ring (bicyclic) bond motifs is 1. The first-order valence-corrected chi connectivity index (χ1v) is 8.75. The molecule has 0 aliphatic carbocycles. The summed E-state index contributed by atoms with van der Waals surface area (Å²) in [6.45, 7) is 7.55. The number of nitrogens with one attached hydrogen (secondary N) is 1. The van der Waals surface area contributed by atoms with E-state index in [4.69, 9.17) is 26.3 Å². The highest BCUT2D eigenvalue weighted by Gasteiger charge is 2.28. The second-order valence-corrected chi connectivity index (χ2v) is 7.01. The lowest BCUT2D eigenvalue weighted by molar-refractivity contribution is -0.00550. The summed E-state index contributed by atoms with van der Waals surface area (Å²) >= 11 is 6.01. The molecular weight excluding hydrogens is 324 g/mol. The first kappa shape index (κ1) is 15.8. The van der Waals surface area contributed by atoms with Crippen LogP contribution in [0.4, 0.5) is 5.82 Å². The molecule has 2 aliphatic rings. The Bertz CT molecular complexity index is 739. The number of ether oxygens (including phenoxy) is 1. The third-order valence-electron chi connectivity index (χ3n) is 4.49. The summed E-state index contributed by atoms with van der Waals surface area (Å²) in [6.07, 6.45) is 0.403. The largest absolute Gasteiger partial charge is 0.372 e. The number of benzene rings is 1. The van der Waals surface area contributed by atoms with Gasteiger partial charge >= 0.3 is 0 Å². The first-order chi connectivity index (χ1) is 11.6. The molecule has 1 saturated heterocycles. The normalized spacial score (nSPS) is 23.4. The first-order valence-electron chi connectivity index (χ1n) is 8.37. The Morgan fingerprint density at radius 1 is 1.08 bits per heavy atom. The lowest BCUT2D eigenvalue weighted by Gasteiger charge is -2.37. The molecule has 1 N–H and O–H groups in total. The van der Waals surface area contributed by atoms with Gasteiger partial charge < -0.3 is 15.0 Å². The summed E-state index contributed by atoms with van der Waals surface area (Å²) in [7, 11) is 0. The molecule has 0 amide bonds. The topological polar surface area (TPSA) is 50.3 Å². The molecule has 1 aromatic heterocycles. The Morgan fingerprint density at radius 2 is 1.79 bits per heavy atom.